The first-order chi connectivity index (χ1) is 8.40. The molecule has 0 saturated carbocycles. The van der Waals surface area contributed by atoms with Crippen LogP contribution in [0.4, 0.5) is 0 Å². The lowest BCUT2D eigenvalue weighted by molar-refractivity contribution is -0.129. The summed E-state index contributed by atoms with van der Waals surface area (Å²) in [5.74, 6) is 0.140. The number of amides is 1. The molecule has 0 aliphatic rings. The van der Waals surface area contributed by atoms with Crippen molar-refractivity contribution >= 4 is 23.1 Å². The van der Waals surface area contributed by atoms with Crippen LogP contribution in [0.5, 0.6) is 5.75 Å². The summed E-state index contributed by atoms with van der Waals surface area (Å²) in [6.07, 6.45) is 0.259. The molecule has 0 fully saturated rings. The number of hydrogen-bond donors (Lipinski definition) is 2. The van der Waals surface area contributed by atoms with E-state index in [0.717, 1.165) is 5.56 Å². The van der Waals surface area contributed by atoms with Gasteiger partial charge in [0.1, 0.15) is 5.75 Å². The molecule has 4 nitrogen and oxygen atoms in total. The molecule has 1 rings (SSSR count). The van der Waals surface area contributed by atoms with Gasteiger partial charge in [0.25, 0.3) is 0 Å². The van der Waals surface area contributed by atoms with Crippen LogP contribution in [0, 0.1) is 5.92 Å². The predicted octanol–water partition coefficient (Wildman–Crippen LogP) is 1.32. The molecule has 1 unspecified atom stereocenters. The van der Waals surface area contributed by atoms with Crippen LogP contribution in [0.3, 0.4) is 0 Å². The third-order valence-corrected chi connectivity index (χ3v) is 3.13. The summed E-state index contributed by atoms with van der Waals surface area (Å²) in [6, 6.07) is 6.69. The van der Waals surface area contributed by atoms with Crippen LogP contribution in [-0.4, -0.2) is 34.5 Å². The van der Waals surface area contributed by atoms with Crippen molar-refractivity contribution < 1.29 is 9.90 Å². The van der Waals surface area contributed by atoms with Gasteiger partial charge in [-0.15, -0.1) is 0 Å². The number of phenolic OH excluding ortho intramolecular Hbond substituents is 1. The van der Waals surface area contributed by atoms with Gasteiger partial charge in [0, 0.05) is 19.5 Å². The van der Waals surface area contributed by atoms with Crippen LogP contribution in [0.2, 0.25) is 0 Å². The number of likely N-dealkylation sites (N-methyl/N-ethyl adjacent to an activating group) is 1. The second-order valence-corrected chi connectivity index (χ2v) is 4.90. The molecule has 0 radical (unpaired) electrons. The van der Waals surface area contributed by atoms with Crippen molar-refractivity contribution in [2.45, 2.75) is 13.3 Å². The molecular weight excluding hydrogens is 248 g/mol. The number of thiocarbonyl (C=S) groups is 1. The van der Waals surface area contributed by atoms with Crippen molar-refractivity contribution in [3.05, 3.63) is 29.8 Å². The first kappa shape index (κ1) is 14.4. The van der Waals surface area contributed by atoms with E-state index in [1.165, 1.54) is 0 Å². The molecule has 0 aliphatic carbocycles. The minimum Gasteiger partial charge on any atom is -0.508 e. The van der Waals surface area contributed by atoms with Crippen LogP contribution in [0.15, 0.2) is 24.3 Å². The van der Waals surface area contributed by atoms with Gasteiger partial charge in [-0.3, -0.25) is 4.79 Å². The largest absolute Gasteiger partial charge is 0.508 e. The summed E-state index contributed by atoms with van der Waals surface area (Å²) in [4.78, 5) is 14.0. The SMILES string of the molecule is CC(CN(C)C(=O)Cc1cccc(O)c1)C(N)=S. The van der Waals surface area contributed by atoms with E-state index in [1.54, 1.807) is 30.1 Å². The summed E-state index contributed by atoms with van der Waals surface area (Å²) in [7, 11) is 1.72. The van der Waals surface area contributed by atoms with E-state index >= 15 is 0 Å². The number of benzene rings is 1. The molecule has 1 aromatic rings. The van der Waals surface area contributed by atoms with Crippen LogP contribution in [0.1, 0.15) is 12.5 Å². The average Bonchev–Trinajstić information content (AvgIpc) is 2.28. The van der Waals surface area contributed by atoms with Crippen molar-refractivity contribution in [2.75, 3.05) is 13.6 Å². The summed E-state index contributed by atoms with van der Waals surface area (Å²) in [5, 5.41) is 9.32. The van der Waals surface area contributed by atoms with Gasteiger partial charge >= 0.3 is 0 Å². The van der Waals surface area contributed by atoms with E-state index < -0.39 is 0 Å². The maximum absolute atomic E-state index is 11.9. The number of rotatable bonds is 5. The zero-order valence-electron chi connectivity index (χ0n) is 10.6. The van der Waals surface area contributed by atoms with E-state index in [9.17, 15) is 9.90 Å². The summed E-state index contributed by atoms with van der Waals surface area (Å²) in [6.45, 7) is 2.40. The van der Waals surface area contributed by atoms with Crippen LogP contribution >= 0.6 is 12.2 Å². The number of nitrogens with two attached hydrogens (primary N) is 1. The van der Waals surface area contributed by atoms with Gasteiger partial charge in [-0.25, -0.2) is 0 Å². The van der Waals surface area contributed by atoms with Crippen LogP contribution in [-0.2, 0) is 11.2 Å². The minimum absolute atomic E-state index is 0.00174. The molecular formula is C13H18N2O2S. The van der Waals surface area contributed by atoms with Gasteiger partial charge in [-0.2, -0.15) is 0 Å². The molecule has 0 bridgehead atoms. The van der Waals surface area contributed by atoms with Crippen molar-refractivity contribution in [2.24, 2.45) is 11.7 Å². The van der Waals surface area contributed by atoms with E-state index in [4.69, 9.17) is 18.0 Å². The van der Waals surface area contributed by atoms with Gasteiger partial charge in [-0.05, 0) is 17.7 Å². The summed E-state index contributed by atoms with van der Waals surface area (Å²) in [5.41, 5.74) is 6.30. The number of carbonyl (C=O) groups excluding carboxylic acids is 1. The lowest BCUT2D eigenvalue weighted by Gasteiger charge is -2.21. The Labute approximate surface area is 112 Å². The highest BCUT2D eigenvalue weighted by molar-refractivity contribution is 7.80. The number of phenols is 1. The summed E-state index contributed by atoms with van der Waals surface area (Å²) >= 11 is 4.88. The van der Waals surface area contributed by atoms with Crippen molar-refractivity contribution in [3.8, 4) is 5.75 Å². The number of carbonyl (C=O) groups is 1. The Morgan fingerprint density at radius 2 is 2.22 bits per heavy atom. The van der Waals surface area contributed by atoms with Gasteiger partial charge in [0.2, 0.25) is 5.91 Å². The Kier molecular flexibility index (Phi) is 5.09. The Morgan fingerprint density at radius 1 is 1.56 bits per heavy atom. The zero-order chi connectivity index (χ0) is 13.7. The second-order valence-electron chi connectivity index (χ2n) is 4.42. The Morgan fingerprint density at radius 3 is 2.78 bits per heavy atom. The van der Waals surface area contributed by atoms with E-state index in [1.807, 2.05) is 13.0 Å². The van der Waals surface area contributed by atoms with Crippen LogP contribution < -0.4 is 5.73 Å². The zero-order valence-corrected chi connectivity index (χ0v) is 11.4. The molecule has 1 aromatic carbocycles. The highest BCUT2D eigenvalue weighted by Gasteiger charge is 2.14. The lowest BCUT2D eigenvalue weighted by Crippen LogP contribution is -2.36. The summed E-state index contributed by atoms with van der Waals surface area (Å²) < 4.78 is 0. The highest BCUT2D eigenvalue weighted by Crippen LogP contribution is 2.12. The molecule has 3 N–H and O–H groups in total. The molecule has 0 aromatic heterocycles. The van der Waals surface area contributed by atoms with Gasteiger partial charge < -0.3 is 15.7 Å². The fourth-order valence-electron chi connectivity index (χ4n) is 1.58. The minimum atomic E-state index is -0.0244. The first-order valence-corrected chi connectivity index (χ1v) is 6.12. The Balaban J connectivity index is 2.57. The van der Waals surface area contributed by atoms with Crippen molar-refractivity contribution in [3.63, 3.8) is 0 Å². The van der Waals surface area contributed by atoms with Crippen LogP contribution in [0.25, 0.3) is 0 Å². The number of nitrogens with zero attached hydrogens (tertiary/aromatic N) is 1. The third-order valence-electron chi connectivity index (χ3n) is 2.73. The fraction of sp³-hybridized carbons (Fsp3) is 0.385. The molecule has 0 aliphatic heterocycles. The maximum Gasteiger partial charge on any atom is 0.226 e. The van der Waals surface area contributed by atoms with Gasteiger partial charge in [-0.1, -0.05) is 31.3 Å². The maximum atomic E-state index is 11.9. The molecule has 5 heteroatoms. The quantitative estimate of drug-likeness (QED) is 0.789. The molecule has 98 valence electrons. The van der Waals surface area contributed by atoms with E-state index in [-0.39, 0.29) is 24.0 Å². The lowest BCUT2D eigenvalue weighted by atomic mass is 10.1. The smallest absolute Gasteiger partial charge is 0.226 e. The normalized spacial score (nSPS) is 11.9. The molecule has 0 saturated heterocycles. The standard InChI is InChI=1S/C13H18N2O2S/c1-9(13(14)18)8-15(2)12(17)7-10-4-3-5-11(16)6-10/h3-6,9,16H,7-8H2,1-2H3,(H2,14,18). The fourth-order valence-corrected chi connectivity index (χ4v) is 1.65. The first-order valence-electron chi connectivity index (χ1n) is 5.71. The Bertz CT molecular complexity index is 448. The third kappa shape index (κ3) is 4.33. The van der Waals surface area contributed by atoms with E-state index in [0.29, 0.717) is 11.5 Å². The number of hydrogen-bond acceptors (Lipinski definition) is 3. The molecule has 1 atom stereocenters. The molecule has 0 heterocycles. The molecule has 0 spiro atoms. The van der Waals surface area contributed by atoms with Crippen molar-refractivity contribution in [1.29, 1.82) is 0 Å². The topological polar surface area (TPSA) is 66.6 Å². The molecule has 1 amide bonds. The van der Waals surface area contributed by atoms with Crippen molar-refractivity contribution in [1.82, 2.24) is 4.90 Å². The number of aromatic hydroxyl groups is 1. The highest BCUT2D eigenvalue weighted by atomic mass is 32.1. The van der Waals surface area contributed by atoms with Gasteiger partial charge in [0.05, 0.1) is 11.4 Å². The predicted molar refractivity (Wildman–Crippen MR) is 75.4 cm³/mol. The Hall–Kier alpha value is -1.62. The monoisotopic (exact) mass is 266 g/mol. The van der Waals surface area contributed by atoms with Gasteiger partial charge in [0.15, 0.2) is 0 Å². The second kappa shape index (κ2) is 6.35. The van der Waals surface area contributed by atoms with E-state index in [2.05, 4.69) is 0 Å². The molecule has 18 heavy (non-hydrogen) atoms. The average molecular weight is 266 g/mol.